The van der Waals surface area contributed by atoms with E-state index in [0.29, 0.717) is 11.3 Å². The Hall–Kier alpha value is -3.16. The fraction of sp³-hybridized carbons (Fsp3) is 0.174. The number of amides is 1. The van der Waals surface area contributed by atoms with Crippen LogP contribution < -0.4 is 9.62 Å². The van der Waals surface area contributed by atoms with Gasteiger partial charge in [-0.15, -0.1) is 0 Å². The van der Waals surface area contributed by atoms with E-state index >= 15 is 0 Å². The first-order chi connectivity index (χ1) is 14.4. The molecule has 0 aliphatic carbocycles. The number of nitrogens with zero attached hydrogens (tertiary/aromatic N) is 1. The maximum absolute atomic E-state index is 13.4. The molecule has 0 aliphatic rings. The summed E-state index contributed by atoms with van der Waals surface area (Å²) in [5.41, 5.74) is 1.52. The van der Waals surface area contributed by atoms with Crippen LogP contribution in [0.4, 0.5) is 5.69 Å². The van der Waals surface area contributed by atoms with Gasteiger partial charge in [-0.25, -0.2) is 8.42 Å². The number of hydrogen-bond donors (Lipinski definition) is 2. The summed E-state index contributed by atoms with van der Waals surface area (Å²) in [5, 5.41) is 12.0. The van der Waals surface area contributed by atoms with Gasteiger partial charge in [0.05, 0.1) is 23.2 Å². The lowest BCUT2D eigenvalue weighted by Crippen LogP contribution is -2.32. The van der Waals surface area contributed by atoms with Crippen LogP contribution in [-0.2, 0) is 16.6 Å². The average Bonchev–Trinajstić information content (AvgIpc) is 2.77. The minimum Gasteiger partial charge on any atom is -0.392 e. The molecule has 0 saturated carbocycles. The molecule has 3 aromatic rings. The van der Waals surface area contributed by atoms with Crippen molar-refractivity contribution in [2.75, 3.05) is 10.8 Å². The Morgan fingerprint density at radius 3 is 2.23 bits per heavy atom. The molecule has 6 nitrogen and oxygen atoms in total. The van der Waals surface area contributed by atoms with E-state index in [1.54, 1.807) is 61.5 Å². The van der Waals surface area contributed by atoms with Gasteiger partial charge in [0.2, 0.25) is 0 Å². The minimum absolute atomic E-state index is 0.110. The Bertz CT molecular complexity index is 1080. The lowest BCUT2D eigenvalue weighted by atomic mass is 10.1. The fourth-order valence-corrected chi connectivity index (χ4v) is 4.39. The molecule has 0 aliphatic heterocycles. The molecule has 1 atom stereocenters. The van der Waals surface area contributed by atoms with Crippen molar-refractivity contribution in [3.05, 3.63) is 96.1 Å². The van der Waals surface area contributed by atoms with Crippen LogP contribution in [0.5, 0.6) is 0 Å². The van der Waals surface area contributed by atoms with Crippen molar-refractivity contribution in [1.82, 2.24) is 5.32 Å². The predicted molar refractivity (Wildman–Crippen MR) is 117 cm³/mol. The van der Waals surface area contributed by atoms with Crippen molar-refractivity contribution < 1.29 is 18.3 Å². The number of carbonyl (C=O) groups is 1. The quantitative estimate of drug-likeness (QED) is 0.581. The van der Waals surface area contributed by atoms with Crippen LogP contribution in [0.25, 0.3) is 0 Å². The maximum Gasteiger partial charge on any atom is 0.264 e. The zero-order chi connectivity index (χ0) is 21.6. The first-order valence-corrected chi connectivity index (χ1v) is 11.0. The summed E-state index contributed by atoms with van der Waals surface area (Å²) in [6.07, 6.45) is -0.676. The summed E-state index contributed by atoms with van der Waals surface area (Å²) in [4.78, 5) is 12.6. The number of aliphatic hydroxyl groups is 1. The second kappa shape index (κ2) is 9.56. The van der Waals surface area contributed by atoms with Crippen LogP contribution in [0, 0.1) is 0 Å². The smallest absolute Gasteiger partial charge is 0.264 e. The van der Waals surface area contributed by atoms with Gasteiger partial charge >= 0.3 is 0 Å². The normalized spacial score (nSPS) is 12.2. The Labute approximate surface area is 176 Å². The fourth-order valence-electron chi connectivity index (χ4n) is 2.93. The first-order valence-electron chi connectivity index (χ1n) is 9.56. The van der Waals surface area contributed by atoms with E-state index in [9.17, 15) is 18.3 Å². The number of sulfonamides is 1. The molecule has 3 rings (SSSR count). The highest BCUT2D eigenvalue weighted by molar-refractivity contribution is 7.92. The molecule has 0 saturated heterocycles. The van der Waals surface area contributed by atoms with E-state index in [1.807, 2.05) is 30.3 Å². The largest absolute Gasteiger partial charge is 0.392 e. The molecule has 0 bridgehead atoms. The number of benzene rings is 3. The predicted octanol–water partition coefficient (Wildman–Crippen LogP) is 3.19. The second-order valence-corrected chi connectivity index (χ2v) is 8.78. The number of nitrogens with one attached hydrogen (secondary N) is 1. The molecule has 0 spiro atoms. The van der Waals surface area contributed by atoms with Crippen molar-refractivity contribution >= 4 is 21.6 Å². The summed E-state index contributed by atoms with van der Waals surface area (Å²) in [6.45, 7) is 1.81. The van der Waals surface area contributed by atoms with Crippen molar-refractivity contribution in [2.45, 2.75) is 24.5 Å². The van der Waals surface area contributed by atoms with E-state index in [-0.39, 0.29) is 23.9 Å². The van der Waals surface area contributed by atoms with Gasteiger partial charge in [0.15, 0.2) is 0 Å². The van der Waals surface area contributed by atoms with Crippen molar-refractivity contribution in [2.24, 2.45) is 0 Å². The SMILES string of the molecule is CC(O)CNC(=O)c1cccc(N(Cc2ccccc2)S(=O)(=O)c2ccccc2)c1. The monoisotopic (exact) mass is 424 g/mol. The number of hydrogen-bond acceptors (Lipinski definition) is 4. The minimum atomic E-state index is -3.86. The molecule has 0 radical (unpaired) electrons. The summed E-state index contributed by atoms with van der Waals surface area (Å²) >= 11 is 0. The van der Waals surface area contributed by atoms with E-state index in [1.165, 1.54) is 4.31 Å². The molecule has 0 aromatic heterocycles. The van der Waals surface area contributed by atoms with Gasteiger partial charge in [-0.1, -0.05) is 54.6 Å². The van der Waals surface area contributed by atoms with E-state index in [0.717, 1.165) is 5.56 Å². The molecular formula is C23H24N2O4S. The summed E-state index contributed by atoms with van der Waals surface area (Å²) in [7, 11) is -3.86. The highest BCUT2D eigenvalue weighted by Gasteiger charge is 2.25. The van der Waals surface area contributed by atoms with Crippen LogP contribution in [0.1, 0.15) is 22.8 Å². The first kappa shape index (κ1) is 21.5. The highest BCUT2D eigenvalue weighted by atomic mass is 32.2. The molecule has 7 heteroatoms. The molecule has 1 amide bonds. The maximum atomic E-state index is 13.4. The van der Waals surface area contributed by atoms with Gasteiger partial charge in [0.1, 0.15) is 0 Å². The van der Waals surface area contributed by atoms with Crippen LogP contribution in [0.3, 0.4) is 0 Å². The highest BCUT2D eigenvalue weighted by Crippen LogP contribution is 2.26. The average molecular weight is 425 g/mol. The molecule has 156 valence electrons. The topological polar surface area (TPSA) is 86.7 Å². The Balaban J connectivity index is 2.00. The zero-order valence-corrected chi connectivity index (χ0v) is 17.4. The Morgan fingerprint density at radius 1 is 0.967 bits per heavy atom. The third-order valence-electron chi connectivity index (χ3n) is 4.45. The molecule has 3 aromatic carbocycles. The number of aliphatic hydroxyl groups excluding tert-OH is 1. The van der Waals surface area contributed by atoms with Crippen LogP contribution in [0.15, 0.2) is 89.8 Å². The molecule has 2 N–H and O–H groups in total. The van der Waals surface area contributed by atoms with Crippen LogP contribution >= 0.6 is 0 Å². The van der Waals surface area contributed by atoms with Crippen molar-refractivity contribution in [3.8, 4) is 0 Å². The van der Waals surface area contributed by atoms with Gasteiger partial charge in [0.25, 0.3) is 15.9 Å². The number of anilines is 1. The molecule has 1 unspecified atom stereocenters. The summed E-state index contributed by atoms with van der Waals surface area (Å²) < 4.78 is 28.1. The van der Waals surface area contributed by atoms with E-state index in [4.69, 9.17) is 0 Å². The lowest BCUT2D eigenvalue weighted by Gasteiger charge is -2.25. The number of carbonyl (C=O) groups excluding carboxylic acids is 1. The summed E-state index contributed by atoms with van der Waals surface area (Å²) in [5.74, 6) is -0.380. The zero-order valence-electron chi connectivity index (χ0n) is 16.6. The molecule has 0 fully saturated rings. The standard InChI is InChI=1S/C23H24N2O4S/c1-18(26)16-24-23(27)20-11-8-12-21(15-20)25(17-19-9-4-2-5-10-19)30(28,29)22-13-6-3-7-14-22/h2-15,18,26H,16-17H2,1H3,(H,24,27). The van der Waals surface area contributed by atoms with Gasteiger partial charge in [-0.2, -0.15) is 0 Å². The lowest BCUT2D eigenvalue weighted by molar-refractivity contribution is 0.0924. The third kappa shape index (κ3) is 5.25. The Kier molecular flexibility index (Phi) is 6.87. The third-order valence-corrected chi connectivity index (χ3v) is 6.24. The van der Waals surface area contributed by atoms with Crippen LogP contribution in [-0.4, -0.2) is 32.1 Å². The van der Waals surface area contributed by atoms with Gasteiger partial charge in [0, 0.05) is 12.1 Å². The van der Waals surface area contributed by atoms with Crippen molar-refractivity contribution in [1.29, 1.82) is 0 Å². The van der Waals surface area contributed by atoms with Crippen LogP contribution in [0.2, 0.25) is 0 Å². The molecule has 30 heavy (non-hydrogen) atoms. The number of rotatable bonds is 8. The van der Waals surface area contributed by atoms with E-state index in [2.05, 4.69) is 5.32 Å². The van der Waals surface area contributed by atoms with Gasteiger partial charge in [-0.05, 0) is 42.8 Å². The summed E-state index contributed by atoms with van der Waals surface area (Å²) in [6, 6.07) is 23.9. The van der Waals surface area contributed by atoms with Gasteiger partial charge < -0.3 is 10.4 Å². The molecular weight excluding hydrogens is 400 g/mol. The van der Waals surface area contributed by atoms with Gasteiger partial charge in [-0.3, -0.25) is 9.10 Å². The Morgan fingerprint density at radius 2 is 1.60 bits per heavy atom. The van der Waals surface area contributed by atoms with Crippen molar-refractivity contribution in [3.63, 3.8) is 0 Å². The molecule has 0 heterocycles. The van der Waals surface area contributed by atoms with E-state index < -0.39 is 16.1 Å². The second-order valence-electron chi connectivity index (χ2n) is 6.92.